The second-order valence-electron chi connectivity index (χ2n) is 6.60. The predicted octanol–water partition coefficient (Wildman–Crippen LogP) is 5.05. The topological polar surface area (TPSA) is 92.3 Å². The zero-order chi connectivity index (χ0) is 23.3. The van der Waals surface area contributed by atoms with E-state index in [4.69, 9.17) is 21.1 Å². The summed E-state index contributed by atoms with van der Waals surface area (Å²) in [6.07, 6.45) is 1.57. The zero-order valence-electron chi connectivity index (χ0n) is 17.3. The lowest BCUT2D eigenvalue weighted by molar-refractivity contribution is -0.479. The minimum absolute atomic E-state index is 0.225. The monoisotopic (exact) mass is 478 g/mol. The molecule has 168 valence electrons. The van der Waals surface area contributed by atoms with Gasteiger partial charge in [0.25, 0.3) is 0 Å². The summed E-state index contributed by atoms with van der Waals surface area (Å²) >= 11 is 7.54. The van der Waals surface area contributed by atoms with Crippen LogP contribution >= 0.6 is 23.4 Å². The fraction of sp³-hybridized carbons (Fsp3) is 0.238. The second kappa shape index (κ2) is 10.5. The molecule has 3 aromatic rings. The third kappa shape index (κ3) is 5.38. The number of methoxy groups -OCH3 is 1. The smallest absolute Gasteiger partial charge is 0.220 e. The van der Waals surface area contributed by atoms with Crippen LogP contribution in [0, 0.1) is 22.9 Å². The van der Waals surface area contributed by atoms with Gasteiger partial charge < -0.3 is 9.47 Å². The first-order chi connectivity index (χ1) is 15.3. The van der Waals surface area contributed by atoms with Gasteiger partial charge in [0.2, 0.25) is 6.54 Å². The zero-order valence-corrected chi connectivity index (χ0v) is 18.9. The molecule has 32 heavy (non-hydrogen) atoms. The van der Waals surface area contributed by atoms with Crippen molar-refractivity contribution in [3.8, 4) is 17.2 Å². The van der Waals surface area contributed by atoms with Gasteiger partial charge in [-0.1, -0.05) is 36.0 Å². The summed E-state index contributed by atoms with van der Waals surface area (Å²) in [6.45, 7) is 5.18. The largest absolute Gasteiger partial charge is 0.493 e. The number of benzene rings is 2. The van der Waals surface area contributed by atoms with Crippen molar-refractivity contribution in [2.75, 3.05) is 20.3 Å². The number of aromatic nitrogens is 3. The number of ether oxygens (including phenoxy) is 2. The molecular weight excluding hydrogens is 459 g/mol. The van der Waals surface area contributed by atoms with E-state index < -0.39 is 16.7 Å². The lowest BCUT2D eigenvalue weighted by Gasteiger charge is -2.17. The molecule has 0 spiro atoms. The summed E-state index contributed by atoms with van der Waals surface area (Å²) in [5, 5.41) is 19.7. The number of nitrogens with zero attached hydrogens (tertiary/aromatic N) is 4. The fourth-order valence-corrected chi connectivity index (χ4v) is 4.42. The maximum absolute atomic E-state index is 13.4. The molecule has 0 N–H and O–H groups in total. The van der Waals surface area contributed by atoms with Crippen molar-refractivity contribution in [2.24, 2.45) is 0 Å². The maximum atomic E-state index is 13.4. The van der Waals surface area contributed by atoms with E-state index in [0.717, 1.165) is 11.8 Å². The van der Waals surface area contributed by atoms with Gasteiger partial charge in [0.05, 0.1) is 12.1 Å². The molecule has 0 amide bonds. The Morgan fingerprint density at radius 1 is 1.34 bits per heavy atom. The molecule has 8 nitrogen and oxygen atoms in total. The van der Waals surface area contributed by atoms with Crippen molar-refractivity contribution in [3.63, 3.8) is 0 Å². The first-order valence-corrected chi connectivity index (χ1v) is 10.7. The highest BCUT2D eigenvalue weighted by atomic mass is 35.5. The third-order valence-electron chi connectivity index (χ3n) is 4.41. The van der Waals surface area contributed by atoms with Crippen LogP contribution in [0.5, 0.6) is 11.5 Å². The highest BCUT2D eigenvalue weighted by Crippen LogP contribution is 2.43. The molecule has 11 heteroatoms. The molecule has 0 aliphatic rings. The number of nitro groups is 1. The average molecular weight is 479 g/mol. The summed E-state index contributed by atoms with van der Waals surface area (Å²) in [5.41, 5.74) is 1.20. The molecule has 2 aromatic carbocycles. The van der Waals surface area contributed by atoms with E-state index in [1.54, 1.807) is 41.8 Å². The molecule has 1 aromatic heterocycles. The van der Waals surface area contributed by atoms with E-state index in [0.29, 0.717) is 33.7 Å². The van der Waals surface area contributed by atoms with Gasteiger partial charge in [-0.05, 0) is 48.9 Å². The minimum Gasteiger partial charge on any atom is -0.493 e. The van der Waals surface area contributed by atoms with Crippen LogP contribution < -0.4 is 9.47 Å². The summed E-state index contributed by atoms with van der Waals surface area (Å²) in [6, 6.07) is 9.08. The lowest BCUT2D eigenvalue weighted by Crippen LogP contribution is -2.12. The highest BCUT2D eigenvalue weighted by Gasteiger charge is 2.26. The van der Waals surface area contributed by atoms with Gasteiger partial charge >= 0.3 is 0 Å². The Kier molecular flexibility index (Phi) is 7.70. The van der Waals surface area contributed by atoms with Crippen LogP contribution in [0.1, 0.15) is 16.6 Å². The van der Waals surface area contributed by atoms with Crippen LogP contribution in [0.4, 0.5) is 4.39 Å². The summed E-state index contributed by atoms with van der Waals surface area (Å²) < 4.78 is 26.0. The van der Waals surface area contributed by atoms with Crippen LogP contribution in [-0.4, -0.2) is 39.9 Å². The van der Waals surface area contributed by atoms with Crippen LogP contribution in [0.2, 0.25) is 5.02 Å². The summed E-state index contributed by atoms with van der Waals surface area (Å²) in [7, 11) is 1.46. The second-order valence-corrected chi connectivity index (χ2v) is 8.17. The molecule has 0 aliphatic carbocycles. The van der Waals surface area contributed by atoms with E-state index >= 15 is 0 Å². The number of aryl methyl sites for hydroxylation is 1. The number of rotatable bonds is 10. The quantitative estimate of drug-likeness (QED) is 0.174. The Morgan fingerprint density at radius 3 is 2.69 bits per heavy atom. The van der Waals surface area contributed by atoms with Crippen molar-refractivity contribution in [3.05, 3.63) is 81.4 Å². The maximum Gasteiger partial charge on any atom is 0.220 e. The molecule has 3 rings (SSSR count). The molecule has 1 atom stereocenters. The molecule has 0 saturated carbocycles. The van der Waals surface area contributed by atoms with Crippen LogP contribution in [-0.2, 0) is 0 Å². The van der Waals surface area contributed by atoms with Gasteiger partial charge in [-0.2, -0.15) is 0 Å². The Bertz CT molecular complexity index is 1120. The normalized spacial score (nSPS) is 11.8. The molecule has 0 unspecified atom stereocenters. The summed E-state index contributed by atoms with van der Waals surface area (Å²) in [4.78, 5) is 11.0. The Morgan fingerprint density at radius 2 is 2.06 bits per heavy atom. The van der Waals surface area contributed by atoms with E-state index in [1.807, 2.05) is 0 Å². The first-order valence-electron chi connectivity index (χ1n) is 9.41. The molecule has 0 bridgehead atoms. The number of hydrogen-bond donors (Lipinski definition) is 0. The van der Waals surface area contributed by atoms with Crippen molar-refractivity contribution in [1.29, 1.82) is 0 Å². The van der Waals surface area contributed by atoms with Crippen LogP contribution in [0.3, 0.4) is 0 Å². The van der Waals surface area contributed by atoms with Crippen LogP contribution in [0.25, 0.3) is 5.69 Å². The number of halogens is 2. The highest BCUT2D eigenvalue weighted by molar-refractivity contribution is 7.99. The lowest BCUT2D eigenvalue weighted by atomic mass is 10.1. The minimum atomic E-state index is -0.660. The number of hydrogen-bond acceptors (Lipinski definition) is 7. The van der Waals surface area contributed by atoms with E-state index in [9.17, 15) is 14.5 Å². The predicted molar refractivity (Wildman–Crippen MR) is 120 cm³/mol. The van der Waals surface area contributed by atoms with Crippen molar-refractivity contribution in [1.82, 2.24) is 14.8 Å². The third-order valence-corrected chi connectivity index (χ3v) is 5.87. The van der Waals surface area contributed by atoms with Gasteiger partial charge in [-0.25, -0.2) is 4.39 Å². The molecule has 0 radical (unpaired) electrons. The van der Waals surface area contributed by atoms with E-state index in [-0.39, 0.29) is 17.4 Å². The molecule has 1 heterocycles. The van der Waals surface area contributed by atoms with Gasteiger partial charge in [0.15, 0.2) is 16.7 Å². The number of thioether (sulfide) groups is 1. The van der Waals surface area contributed by atoms with Crippen molar-refractivity contribution >= 4 is 23.4 Å². The first kappa shape index (κ1) is 23.6. The summed E-state index contributed by atoms with van der Waals surface area (Å²) in [5.74, 6) is 0.857. The van der Waals surface area contributed by atoms with Gasteiger partial charge in [-0.15, -0.1) is 10.2 Å². The van der Waals surface area contributed by atoms with Gasteiger partial charge in [0.1, 0.15) is 23.5 Å². The SMILES string of the molecule is C=CCOc1c(Cl)cc([C@H](C[N+](=O)[O-])Sc2nnc(C)n2-c2ccc(F)cc2)cc1OC. The Labute approximate surface area is 193 Å². The molecule has 0 saturated heterocycles. The molecule has 0 aliphatic heterocycles. The Balaban J connectivity index is 2.01. The fourth-order valence-electron chi connectivity index (χ4n) is 2.99. The van der Waals surface area contributed by atoms with Gasteiger partial charge in [-0.3, -0.25) is 14.7 Å². The standard InChI is InChI=1S/C21H20ClFN4O4S/c1-4-9-31-20-17(22)10-14(11-18(20)30-3)19(12-26(28)29)32-21-25-24-13(2)27(21)16-7-5-15(23)6-8-16/h4-8,10-11,19H,1,9,12H2,2-3H3/t19-/m0/s1. The Hall–Kier alpha value is -3.11. The molecular formula is C21H20ClFN4O4S. The van der Waals surface area contributed by atoms with Crippen LogP contribution in [0.15, 0.2) is 54.2 Å². The van der Waals surface area contributed by atoms with E-state index in [2.05, 4.69) is 16.8 Å². The van der Waals surface area contributed by atoms with Gasteiger partial charge in [0, 0.05) is 10.6 Å². The van der Waals surface area contributed by atoms with Crippen molar-refractivity contribution in [2.45, 2.75) is 17.3 Å². The van der Waals surface area contributed by atoms with Crippen molar-refractivity contribution < 1.29 is 18.8 Å². The molecule has 0 fully saturated rings. The average Bonchev–Trinajstić information content (AvgIpc) is 3.12. The van der Waals surface area contributed by atoms with E-state index in [1.165, 1.54) is 19.2 Å².